The number of para-hydroxylation sites is 1. The summed E-state index contributed by atoms with van der Waals surface area (Å²) in [7, 11) is 1.69. The van der Waals surface area contributed by atoms with E-state index in [1.54, 1.807) is 7.11 Å². The quantitative estimate of drug-likeness (QED) is 0.224. The van der Waals surface area contributed by atoms with Crippen molar-refractivity contribution in [1.82, 2.24) is 0 Å². The van der Waals surface area contributed by atoms with Gasteiger partial charge in [0, 0.05) is 23.6 Å². The van der Waals surface area contributed by atoms with Gasteiger partial charge in [-0.25, -0.2) is 0 Å². The van der Waals surface area contributed by atoms with Crippen LogP contribution in [-0.4, -0.2) is 7.11 Å². The number of hydrogen-bond acceptors (Lipinski definition) is 2. The van der Waals surface area contributed by atoms with Gasteiger partial charge in [-0.3, -0.25) is 0 Å². The molecule has 0 aliphatic rings. The number of methoxy groups -OCH3 is 1. The summed E-state index contributed by atoms with van der Waals surface area (Å²) in [6, 6.07) is 29.5. The van der Waals surface area contributed by atoms with Crippen molar-refractivity contribution in [1.29, 1.82) is 0 Å². The van der Waals surface area contributed by atoms with E-state index >= 15 is 0 Å². The highest BCUT2D eigenvalue weighted by Gasteiger charge is 2.11. The molecular weight excluding hydrogens is 483 g/mol. The van der Waals surface area contributed by atoms with Gasteiger partial charge in [0.15, 0.2) is 6.20 Å². The predicted molar refractivity (Wildman–Crippen MR) is 120 cm³/mol. The maximum atomic E-state index is 5.25. The monoisotopic (exact) mass is 510 g/mol. The molecule has 4 aromatic rings. The first-order valence-electron chi connectivity index (χ1n) is 10.2. The fourth-order valence-corrected chi connectivity index (χ4v) is 3.66. The molecule has 0 radical (unpaired) electrons. The zero-order chi connectivity index (χ0) is 19.9. The Balaban J connectivity index is 0.00000256. The highest BCUT2D eigenvalue weighted by atomic mass is 127. The number of anilines is 2. The van der Waals surface area contributed by atoms with E-state index in [-0.39, 0.29) is 24.0 Å². The number of ether oxygens (including phenoxy) is 1. The van der Waals surface area contributed by atoms with Crippen LogP contribution in [0, 0.1) is 0 Å². The Morgan fingerprint density at radius 2 is 1.53 bits per heavy atom. The van der Waals surface area contributed by atoms with Crippen molar-refractivity contribution in [3.8, 4) is 5.75 Å². The third-order valence-electron chi connectivity index (χ3n) is 5.19. The molecule has 0 atom stereocenters. The largest absolute Gasteiger partial charge is 1.00 e. The van der Waals surface area contributed by atoms with Gasteiger partial charge >= 0.3 is 0 Å². The van der Waals surface area contributed by atoms with Crippen LogP contribution >= 0.6 is 0 Å². The SMILES string of the molecule is COc1ccc(Nc2cc3ccccc3[n+](CCCCc3ccccc3)c2)cc1.[I-]. The highest BCUT2D eigenvalue weighted by Crippen LogP contribution is 2.22. The number of pyridine rings is 1. The predicted octanol–water partition coefficient (Wildman–Crippen LogP) is 2.91. The molecule has 4 heteroatoms. The molecule has 0 fully saturated rings. The van der Waals surface area contributed by atoms with Gasteiger partial charge in [-0.05, 0) is 54.8 Å². The average molecular weight is 510 g/mol. The Kier molecular flexibility index (Phi) is 8.08. The first kappa shape index (κ1) is 22.1. The van der Waals surface area contributed by atoms with E-state index in [4.69, 9.17) is 4.74 Å². The fourth-order valence-electron chi connectivity index (χ4n) is 3.66. The molecule has 0 aliphatic carbocycles. The second-order valence-corrected chi connectivity index (χ2v) is 7.28. The number of nitrogens with one attached hydrogen (secondary N) is 1. The summed E-state index contributed by atoms with van der Waals surface area (Å²) in [5, 5.41) is 4.77. The second kappa shape index (κ2) is 11.0. The molecule has 30 heavy (non-hydrogen) atoms. The van der Waals surface area contributed by atoms with Gasteiger partial charge in [0.05, 0.1) is 7.11 Å². The smallest absolute Gasteiger partial charge is 0.212 e. The van der Waals surface area contributed by atoms with Crippen LogP contribution in [0.2, 0.25) is 0 Å². The molecule has 0 unspecified atom stereocenters. The number of halogens is 1. The Morgan fingerprint density at radius 1 is 0.800 bits per heavy atom. The molecule has 0 aliphatic heterocycles. The number of hydrogen-bond donors (Lipinski definition) is 1. The number of unbranched alkanes of at least 4 members (excludes halogenated alkanes) is 1. The Morgan fingerprint density at radius 3 is 2.30 bits per heavy atom. The zero-order valence-corrected chi connectivity index (χ0v) is 19.4. The lowest BCUT2D eigenvalue weighted by Gasteiger charge is -2.09. The number of fused-ring (bicyclic) bond motifs is 1. The van der Waals surface area contributed by atoms with Crippen molar-refractivity contribution in [2.75, 3.05) is 12.4 Å². The third-order valence-corrected chi connectivity index (χ3v) is 5.19. The van der Waals surface area contributed by atoms with E-state index in [1.807, 2.05) is 24.3 Å². The number of rotatable bonds is 8. The summed E-state index contributed by atoms with van der Waals surface area (Å²) in [4.78, 5) is 0. The van der Waals surface area contributed by atoms with Crippen LogP contribution in [0.1, 0.15) is 18.4 Å². The Bertz CT molecular complexity index is 1070. The molecular formula is C26H27IN2O. The molecule has 3 nitrogen and oxygen atoms in total. The van der Waals surface area contributed by atoms with Crippen molar-refractivity contribution < 1.29 is 33.3 Å². The summed E-state index contributed by atoms with van der Waals surface area (Å²) < 4.78 is 7.62. The molecule has 1 aromatic heterocycles. The van der Waals surface area contributed by atoms with E-state index in [1.165, 1.54) is 22.9 Å². The van der Waals surface area contributed by atoms with Crippen LogP contribution in [-0.2, 0) is 13.0 Å². The highest BCUT2D eigenvalue weighted by molar-refractivity contribution is 5.79. The summed E-state index contributed by atoms with van der Waals surface area (Å²) in [6.07, 6.45) is 5.68. The van der Waals surface area contributed by atoms with Gasteiger partial charge < -0.3 is 34.0 Å². The van der Waals surface area contributed by atoms with E-state index in [0.29, 0.717) is 0 Å². The van der Waals surface area contributed by atoms with Crippen LogP contribution in [0.15, 0.2) is 91.1 Å². The van der Waals surface area contributed by atoms with Crippen LogP contribution in [0.4, 0.5) is 11.4 Å². The number of aryl methyl sites for hydroxylation is 2. The summed E-state index contributed by atoms with van der Waals surface area (Å²) in [6.45, 7) is 1.01. The topological polar surface area (TPSA) is 25.1 Å². The van der Waals surface area contributed by atoms with Gasteiger partial charge in [0.1, 0.15) is 18.0 Å². The Labute approximate surface area is 195 Å². The van der Waals surface area contributed by atoms with Crippen molar-refractivity contribution >= 4 is 22.3 Å². The molecule has 0 saturated carbocycles. The first-order chi connectivity index (χ1) is 14.3. The fraction of sp³-hybridized carbons (Fsp3) is 0.192. The molecule has 0 amide bonds. The standard InChI is InChI=1S/C26H27N2O.HI/c1-29-25-16-14-23(15-17-25)27-24-19-22-12-5-6-13-26(22)28(20-24)18-8-7-11-21-9-3-2-4-10-21;/h2-6,9-10,12-17,19-20,27H,7-8,11,18H2,1H3;1H/q+1;/p-1. The van der Waals surface area contributed by atoms with Crippen molar-refractivity contribution in [2.24, 2.45) is 0 Å². The molecule has 1 heterocycles. The van der Waals surface area contributed by atoms with Crippen molar-refractivity contribution in [3.63, 3.8) is 0 Å². The van der Waals surface area contributed by atoms with Crippen LogP contribution in [0.5, 0.6) is 5.75 Å². The molecule has 154 valence electrons. The molecule has 1 N–H and O–H groups in total. The van der Waals surface area contributed by atoms with E-state index < -0.39 is 0 Å². The summed E-state index contributed by atoms with van der Waals surface area (Å²) in [5.74, 6) is 0.863. The van der Waals surface area contributed by atoms with E-state index in [0.717, 1.165) is 36.5 Å². The summed E-state index contributed by atoms with van der Waals surface area (Å²) >= 11 is 0. The Hall–Kier alpha value is -2.60. The maximum absolute atomic E-state index is 5.25. The second-order valence-electron chi connectivity index (χ2n) is 7.28. The number of benzene rings is 3. The number of nitrogens with zero attached hydrogens (tertiary/aromatic N) is 1. The lowest BCUT2D eigenvalue weighted by Crippen LogP contribution is -3.00. The molecule has 3 aromatic carbocycles. The van der Waals surface area contributed by atoms with Crippen LogP contribution in [0.3, 0.4) is 0 Å². The number of aromatic nitrogens is 1. The first-order valence-corrected chi connectivity index (χ1v) is 10.2. The minimum absolute atomic E-state index is 0. The van der Waals surface area contributed by atoms with Crippen molar-refractivity contribution in [2.45, 2.75) is 25.8 Å². The maximum Gasteiger partial charge on any atom is 0.212 e. The summed E-state index contributed by atoms with van der Waals surface area (Å²) in [5.41, 5.74) is 4.83. The molecule has 4 rings (SSSR count). The van der Waals surface area contributed by atoms with Crippen molar-refractivity contribution in [3.05, 3.63) is 96.7 Å². The van der Waals surface area contributed by atoms with Gasteiger partial charge in [-0.1, -0.05) is 42.5 Å². The lowest BCUT2D eigenvalue weighted by molar-refractivity contribution is -0.671. The molecule has 0 bridgehead atoms. The zero-order valence-electron chi connectivity index (χ0n) is 17.2. The van der Waals surface area contributed by atoms with Gasteiger partial charge in [-0.2, -0.15) is 4.57 Å². The van der Waals surface area contributed by atoms with Gasteiger partial charge in [-0.15, -0.1) is 0 Å². The normalized spacial score (nSPS) is 10.4. The van der Waals surface area contributed by atoms with Crippen LogP contribution in [0.25, 0.3) is 10.9 Å². The third kappa shape index (κ3) is 5.72. The van der Waals surface area contributed by atoms with Gasteiger partial charge in [0.25, 0.3) is 0 Å². The minimum atomic E-state index is 0. The average Bonchev–Trinajstić information content (AvgIpc) is 2.78. The molecule has 0 saturated heterocycles. The lowest BCUT2D eigenvalue weighted by atomic mass is 10.1. The van der Waals surface area contributed by atoms with E-state index in [9.17, 15) is 0 Å². The minimum Gasteiger partial charge on any atom is -1.00 e. The van der Waals surface area contributed by atoms with E-state index in [2.05, 4.69) is 76.7 Å². The molecule has 0 spiro atoms. The van der Waals surface area contributed by atoms with Crippen LogP contribution < -0.4 is 38.6 Å². The van der Waals surface area contributed by atoms with Gasteiger partial charge in [0.2, 0.25) is 5.52 Å².